The molecule has 158 valence electrons. The Hall–Kier alpha value is -1.96. The lowest BCUT2D eigenvalue weighted by Gasteiger charge is -2.34. The molecule has 7 nitrogen and oxygen atoms in total. The molecule has 2 rings (SSSR count). The normalized spacial score (nSPS) is 15.3. The third kappa shape index (κ3) is 7.22. The molecule has 0 aliphatic carbocycles. The Bertz CT molecular complexity index is 621. The molecule has 1 fully saturated rings. The topological polar surface area (TPSA) is 71.5 Å². The van der Waals surface area contributed by atoms with E-state index in [-0.39, 0.29) is 25.1 Å². The molecule has 1 amide bonds. The fourth-order valence-electron chi connectivity index (χ4n) is 2.99. The van der Waals surface area contributed by atoms with E-state index in [4.69, 9.17) is 14.2 Å². The smallest absolute Gasteiger partial charge is 0.409 e. The van der Waals surface area contributed by atoms with Crippen molar-refractivity contribution in [2.45, 2.75) is 19.4 Å². The van der Waals surface area contributed by atoms with Crippen LogP contribution in [0.25, 0.3) is 0 Å². The molecule has 1 aliphatic heterocycles. The van der Waals surface area contributed by atoms with Crippen LogP contribution in [0.2, 0.25) is 0 Å². The average Bonchev–Trinajstić information content (AvgIpc) is 2.68. The number of hydrogen-bond acceptors (Lipinski definition) is 6. The molecule has 28 heavy (non-hydrogen) atoms. The number of aliphatic hydroxyl groups excluding tert-OH is 1. The zero-order valence-corrected chi connectivity index (χ0v) is 17.5. The van der Waals surface area contributed by atoms with Crippen LogP contribution < -0.4 is 9.47 Å². The van der Waals surface area contributed by atoms with Crippen molar-refractivity contribution in [2.75, 3.05) is 53.0 Å². The summed E-state index contributed by atoms with van der Waals surface area (Å²) in [5.74, 6) is 1.25. The molecule has 0 radical (unpaired) electrons. The number of piperazine rings is 1. The Morgan fingerprint density at radius 3 is 2.61 bits per heavy atom. The summed E-state index contributed by atoms with van der Waals surface area (Å²) >= 11 is 0. The number of halogens is 1. The fraction of sp³-hybridized carbons (Fsp3) is 0.550. The van der Waals surface area contributed by atoms with Crippen molar-refractivity contribution in [2.24, 2.45) is 0 Å². The summed E-state index contributed by atoms with van der Waals surface area (Å²) in [5, 5.41) is 10.3. The molecule has 1 atom stereocenters. The van der Waals surface area contributed by atoms with E-state index in [9.17, 15) is 9.90 Å². The molecule has 1 saturated heterocycles. The molecule has 1 unspecified atom stereocenters. The molecular formula is C20H31ClN2O5. The standard InChI is InChI=1S/C20H30N2O5.ClH/c1-4-6-16-7-8-18(19(13-16)25-3)27-15-17(23)14-21-9-11-22(12-10-21)20(24)26-5-2;/h4,7-8,13,17,23H,1,5-6,9-12,14-15H2,2-3H3;1H. The summed E-state index contributed by atoms with van der Waals surface area (Å²) in [5.41, 5.74) is 1.09. The van der Waals surface area contributed by atoms with Gasteiger partial charge in [0.05, 0.1) is 13.7 Å². The van der Waals surface area contributed by atoms with E-state index in [1.54, 1.807) is 18.9 Å². The Morgan fingerprint density at radius 2 is 2.00 bits per heavy atom. The number of ether oxygens (including phenoxy) is 3. The second kappa shape index (κ2) is 12.5. The highest BCUT2D eigenvalue weighted by Crippen LogP contribution is 2.28. The summed E-state index contributed by atoms with van der Waals surface area (Å²) in [6.45, 7) is 9.20. The molecular weight excluding hydrogens is 384 g/mol. The van der Waals surface area contributed by atoms with Gasteiger partial charge < -0.3 is 24.2 Å². The van der Waals surface area contributed by atoms with Crippen molar-refractivity contribution in [3.05, 3.63) is 36.4 Å². The van der Waals surface area contributed by atoms with Gasteiger partial charge >= 0.3 is 6.09 Å². The molecule has 0 aromatic heterocycles. The maximum Gasteiger partial charge on any atom is 0.409 e. The van der Waals surface area contributed by atoms with Crippen LogP contribution in [-0.4, -0.2) is 80.2 Å². The van der Waals surface area contributed by atoms with Gasteiger partial charge in [-0.1, -0.05) is 12.1 Å². The third-order valence-electron chi connectivity index (χ3n) is 4.41. The Labute approximate surface area is 173 Å². The number of methoxy groups -OCH3 is 1. The quantitative estimate of drug-likeness (QED) is 0.625. The highest BCUT2D eigenvalue weighted by Gasteiger charge is 2.23. The highest BCUT2D eigenvalue weighted by molar-refractivity contribution is 5.85. The van der Waals surface area contributed by atoms with Crippen molar-refractivity contribution in [3.8, 4) is 11.5 Å². The van der Waals surface area contributed by atoms with Gasteiger partial charge in [-0.15, -0.1) is 19.0 Å². The molecule has 1 heterocycles. The lowest BCUT2D eigenvalue weighted by molar-refractivity contribution is 0.0403. The summed E-state index contributed by atoms with van der Waals surface area (Å²) in [4.78, 5) is 15.5. The predicted molar refractivity (Wildman–Crippen MR) is 111 cm³/mol. The summed E-state index contributed by atoms with van der Waals surface area (Å²) < 4.78 is 16.1. The van der Waals surface area contributed by atoms with E-state index in [2.05, 4.69) is 11.5 Å². The molecule has 1 aromatic rings. The van der Waals surface area contributed by atoms with Crippen LogP contribution >= 0.6 is 12.4 Å². The van der Waals surface area contributed by atoms with Crippen LogP contribution in [-0.2, 0) is 11.2 Å². The van der Waals surface area contributed by atoms with Crippen LogP contribution in [0.15, 0.2) is 30.9 Å². The molecule has 8 heteroatoms. The number of hydrogen-bond donors (Lipinski definition) is 1. The minimum Gasteiger partial charge on any atom is -0.493 e. The van der Waals surface area contributed by atoms with Gasteiger partial charge in [0.1, 0.15) is 12.7 Å². The summed E-state index contributed by atoms with van der Waals surface area (Å²) in [7, 11) is 1.60. The number of aliphatic hydroxyl groups is 1. The van der Waals surface area contributed by atoms with Crippen LogP contribution in [0.1, 0.15) is 12.5 Å². The zero-order chi connectivity index (χ0) is 19.6. The van der Waals surface area contributed by atoms with Gasteiger partial charge in [-0.25, -0.2) is 4.79 Å². The molecule has 0 bridgehead atoms. The number of benzene rings is 1. The Kier molecular flexibility index (Phi) is 10.7. The van der Waals surface area contributed by atoms with Gasteiger partial charge in [0, 0.05) is 32.7 Å². The summed E-state index contributed by atoms with van der Waals surface area (Å²) in [6, 6.07) is 5.72. The number of carbonyl (C=O) groups excluding carboxylic acids is 1. The molecule has 0 spiro atoms. The van der Waals surface area contributed by atoms with Crippen molar-refractivity contribution in [1.82, 2.24) is 9.80 Å². The monoisotopic (exact) mass is 414 g/mol. The molecule has 0 saturated carbocycles. The minimum absolute atomic E-state index is 0. The third-order valence-corrected chi connectivity index (χ3v) is 4.41. The van der Waals surface area contributed by atoms with E-state index >= 15 is 0 Å². The molecule has 1 N–H and O–H groups in total. The first-order valence-electron chi connectivity index (χ1n) is 9.30. The first-order chi connectivity index (χ1) is 13.1. The second-order valence-corrected chi connectivity index (χ2v) is 6.43. The van der Waals surface area contributed by atoms with E-state index in [1.165, 1.54) is 0 Å². The molecule has 1 aliphatic rings. The number of amides is 1. The van der Waals surface area contributed by atoms with E-state index < -0.39 is 6.10 Å². The highest BCUT2D eigenvalue weighted by atomic mass is 35.5. The maximum absolute atomic E-state index is 11.7. The first kappa shape index (κ1) is 24.1. The fourth-order valence-corrected chi connectivity index (χ4v) is 2.99. The summed E-state index contributed by atoms with van der Waals surface area (Å²) in [6.07, 6.45) is 1.70. The van der Waals surface area contributed by atoms with Crippen molar-refractivity contribution in [3.63, 3.8) is 0 Å². The van der Waals surface area contributed by atoms with E-state index in [1.807, 2.05) is 24.3 Å². The Morgan fingerprint density at radius 1 is 1.29 bits per heavy atom. The van der Waals surface area contributed by atoms with Crippen LogP contribution in [0.4, 0.5) is 4.79 Å². The largest absolute Gasteiger partial charge is 0.493 e. The Balaban J connectivity index is 0.00000392. The SMILES string of the molecule is C=CCc1ccc(OCC(O)CN2CCN(C(=O)OCC)CC2)c(OC)c1.Cl. The van der Waals surface area contributed by atoms with Gasteiger partial charge in [0.15, 0.2) is 11.5 Å². The van der Waals surface area contributed by atoms with Gasteiger partial charge in [0.2, 0.25) is 0 Å². The number of β-amino-alcohol motifs (C(OH)–C–C–N with tert-alkyl or cyclic N) is 1. The van der Waals surface area contributed by atoms with Crippen molar-refractivity contribution < 1.29 is 24.1 Å². The van der Waals surface area contributed by atoms with Crippen LogP contribution in [0, 0.1) is 0 Å². The average molecular weight is 415 g/mol. The van der Waals surface area contributed by atoms with Crippen LogP contribution in [0.3, 0.4) is 0 Å². The van der Waals surface area contributed by atoms with E-state index in [0.717, 1.165) is 12.0 Å². The van der Waals surface area contributed by atoms with Gasteiger partial charge in [-0.2, -0.15) is 0 Å². The second-order valence-electron chi connectivity index (χ2n) is 6.43. The predicted octanol–water partition coefficient (Wildman–Crippen LogP) is 2.36. The number of nitrogens with zero attached hydrogens (tertiary/aromatic N) is 2. The van der Waals surface area contributed by atoms with Gasteiger partial charge in [0.25, 0.3) is 0 Å². The van der Waals surface area contributed by atoms with Gasteiger partial charge in [-0.3, -0.25) is 4.90 Å². The lowest BCUT2D eigenvalue weighted by atomic mass is 10.1. The minimum atomic E-state index is -0.628. The van der Waals surface area contributed by atoms with Crippen molar-refractivity contribution >= 4 is 18.5 Å². The first-order valence-corrected chi connectivity index (χ1v) is 9.30. The molecule has 1 aromatic carbocycles. The van der Waals surface area contributed by atoms with Gasteiger partial charge in [-0.05, 0) is 31.0 Å². The van der Waals surface area contributed by atoms with Crippen molar-refractivity contribution in [1.29, 1.82) is 0 Å². The van der Waals surface area contributed by atoms with E-state index in [0.29, 0.717) is 50.8 Å². The number of allylic oxidation sites excluding steroid dienone is 1. The number of rotatable bonds is 9. The van der Waals surface area contributed by atoms with Crippen LogP contribution in [0.5, 0.6) is 11.5 Å². The zero-order valence-electron chi connectivity index (χ0n) is 16.6. The number of carbonyl (C=O) groups is 1. The lowest BCUT2D eigenvalue weighted by Crippen LogP contribution is -2.51. The maximum atomic E-state index is 11.7.